The number of hydrogen-bond acceptors (Lipinski definition) is 6. The third-order valence-corrected chi connectivity index (χ3v) is 5.35. The Morgan fingerprint density at radius 2 is 2.06 bits per heavy atom. The van der Waals surface area contributed by atoms with Gasteiger partial charge in [0.05, 0.1) is 17.4 Å². The molecule has 8 nitrogen and oxygen atoms in total. The molecule has 4 aromatic rings. The predicted molar refractivity (Wildman–Crippen MR) is 117 cm³/mol. The second-order valence-electron chi connectivity index (χ2n) is 7.92. The molecule has 0 radical (unpaired) electrons. The number of benzene rings is 1. The van der Waals surface area contributed by atoms with Gasteiger partial charge in [-0.3, -0.25) is 9.78 Å². The number of fused-ring (bicyclic) bond motifs is 1. The quantitative estimate of drug-likeness (QED) is 0.466. The molecule has 1 aliphatic rings. The molecule has 0 saturated heterocycles. The molecule has 0 bridgehead atoms. The Morgan fingerprint density at radius 1 is 1.24 bits per heavy atom. The van der Waals surface area contributed by atoms with E-state index in [0.29, 0.717) is 22.5 Å². The predicted octanol–water partition coefficient (Wildman–Crippen LogP) is 3.43. The van der Waals surface area contributed by atoms with Crippen LogP contribution in [-0.2, 0) is 6.54 Å². The number of amides is 1. The summed E-state index contributed by atoms with van der Waals surface area (Å²) in [6, 6.07) is 7.25. The highest BCUT2D eigenvalue weighted by molar-refractivity contribution is 5.96. The van der Waals surface area contributed by atoms with Gasteiger partial charge < -0.3 is 15.8 Å². The molecular formula is C23H20F2N6O2. The molecule has 3 aromatic heterocycles. The average Bonchev–Trinajstić information content (AvgIpc) is 3.52. The maximum absolute atomic E-state index is 14.3. The minimum atomic E-state index is -0.782. The molecule has 0 spiro atoms. The highest BCUT2D eigenvalue weighted by atomic mass is 19.1. The van der Waals surface area contributed by atoms with Crippen molar-refractivity contribution in [3.8, 4) is 16.9 Å². The highest BCUT2D eigenvalue weighted by Gasteiger charge is 2.27. The largest absolute Gasteiger partial charge is 0.487 e. The van der Waals surface area contributed by atoms with E-state index in [1.54, 1.807) is 36.0 Å². The summed E-state index contributed by atoms with van der Waals surface area (Å²) in [5, 5.41) is 6.76. The van der Waals surface area contributed by atoms with Crippen LogP contribution in [0.15, 0.2) is 42.7 Å². The molecule has 5 rings (SSSR count). The van der Waals surface area contributed by atoms with Crippen molar-refractivity contribution in [2.24, 2.45) is 0 Å². The number of halogens is 2. The molecular weight excluding hydrogens is 430 g/mol. The zero-order valence-corrected chi connectivity index (χ0v) is 17.7. The second-order valence-corrected chi connectivity index (χ2v) is 7.92. The van der Waals surface area contributed by atoms with Gasteiger partial charge in [-0.05, 0) is 49.6 Å². The van der Waals surface area contributed by atoms with Gasteiger partial charge in [0.1, 0.15) is 5.82 Å². The molecule has 1 fully saturated rings. The summed E-state index contributed by atoms with van der Waals surface area (Å²) in [4.78, 5) is 21.4. The molecule has 0 unspecified atom stereocenters. The van der Waals surface area contributed by atoms with Crippen LogP contribution in [0.4, 0.5) is 14.7 Å². The fourth-order valence-electron chi connectivity index (χ4n) is 3.50. The molecule has 0 atom stereocenters. The van der Waals surface area contributed by atoms with E-state index in [-0.39, 0.29) is 29.9 Å². The number of nitrogen functional groups attached to an aromatic ring is 1. The number of aryl methyl sites for hydroxylation is 1. The lowest BCUT2D eigenvalue weighted by molar-refractivity contribution is 0.0949. The number of ether oxygens (including phenoxy) is 1. The molecule has 1 aromatic carbocycles. The van der Waals surface area contributed by atoms with Crippen molar-refractivity contribution in [2.75, 3.05) is 5.73 Å². The Kier molecular flexibility index (Phi) is 5.12. The average molecular weight is 450 g/mol. The topological polar surface area (TPSA) is 107 Å². The van der Waals surface area contributed by atoms with Gasteiger partial charge in [0, 0.05) is 36.1 Å². The minimum Gasteiger partial charge on any atom is -0.487 e. The van der Waals surface area contributed by atoms with Gasteiger partial charge in [-0.1, -0.05) is 0 Å². The van der Waals surface area contributed by atoms with Gasteiger partial charge in [0.15, 0.2) is 17.2 Å². The zero-order valence-electron chi connectivity index (χ0n) is 17.7. The van der Waals surface area contributed by atoms with Crippen molar-refractivity contribution >= 4 is 17.5 Å². The SMILES string of the molecule is Cc1ncc(-c2ccn3nc(N)nc3c2)cc1C(=O)NCc1cc(F)cc(F)c1OC1CC1. The number of aromatic nitrogens is 4. The number of anilines is 1. The van der Waals surface area contributed by atoms with Crippen LogP contribution in [0.25, 0.3) is 16.8 Å². The first-order valence-corrected chi connectivity index (χ1v) is 10.4. The highest BCUT2D eigenvalue weighted by Crippen LogP contribution is 2.32. The molecule has 1 aliphatic carbocycles. The van der Waals surface area contributed by atoms with Gasteiger partial charge in [-0.2, -0.15) is 4.98 Å². The number of nitrogens with two attached hydrogens (primary N) is 1. The smallest absolute Gasteiger partial charge is 0.253 e. The van der Waals surface area contributed by atoms with E-state index < -0.39 is 17.5 Å². The summed E-state index contributed by atoms with van der Waals surface area (Å²) in [6.07, 6.45) is 4.95. The number of carbonyl (C=O) groups excluding carboxylic acids is 1. The standard InChI is InChI=1S/C23H20F2N6O2/c1-12-18(7-14(10-27-12)13-4-5-31-20(8-13)29-23(26)30-31)22(32)28-11-15-6-16(24)9-19(25)21(15)33-17-2-3-17/h4-10,17H,2-3,11H2,1H3,(H2,26,30)(H,28,32). The maximum Gasteiger partial charge on any atom is 0.253 e. The fraction of sp³-hybridized carbons (Fsp3) is 0.217. The van der Waals surface area contributed by atoms with Gasteiger partial charge in [0.2, 0.25) is 5.95 Å². The Hall–Kier alpha value is -4.08. The van der Waals surface area contributed by atoms with E-state index in [0.717, 1.165) is 24.5 Å². The molecule has 168 valence electrons. The zero-order chi connectivity index (χ0) is 23.1. The second kappa shape index (κ2) is 8.12. The Balaban J connectivity index is 1.39. The summed E-state index contributed by atoms with van der Waals surface area (Å²) in [6.45, 7) is 1.62. The van der Waals surface area contributed by atoms with Crippen LogP contribution < -0.4 is 15.8 Å². The monoisotopic (exact) mass is 450 g/mol. The lowest BCUT2D eigenvalue weighted by atomic mass is 10.0. The molecule has 3 heterocycles. The number of nitrogens with zero attached hydrogens (tertiary/aromatic N) is 4. The van der Waals surface area contributed by atoms with E-state index in [1.807, 2.05) is 6.07 Å². The maximum atomic E-state index is 14.3. The Labute approximate surface area is 187 Å². The van der Waals surface area contributed by atoms with Crippen LogP contribution >= 0.6 is 0 Å². The fourth-order valence-corrected chi connectivity index (χ4v) is 3.50. The first-order valence-electron chi connectivity index (χ1n) is 10.4. The summed E-state index contributed by atoms with van der Waals surface area (Å²) in [5.41, 5.74) is 8.78. The molecule has 0 aliphatic heterocycles. The third kappa shape index (κ3) is 4.32. The van der Waals surface area contributed by atoms with E-state index in [4.69, 9.17) is 10.5 Å². The van der Waals surface area contributed by atoms with Gasteiger partial charge in [-0.15, -0.1) is 5.10 Å². The summed E-state index contributed by atoms with van der Waals surface area (Å²) in [7, 11) is 0. The number of hydrogen-bond donors (Lipinski definition) is 2. The first kappa shape index (κ1) is 20.8. The lowest BCUT2D eigenvalue weighted by Crippen LogP contribution is -2.24. The van der Waals surface area contributed by atoms with Crippen molar-refractivity contribution in [3.05, 3.63) is 71.2 Å². The van der Waals surface area contributed by atoms with Crippen molar-refractivity contribution in [2.45, 2.75) is 32.4 Å². The molecule has 3 N–H and O–H groups in total. The minimum absolute atomic E-state index is 0.0244. The summed E-state index contributed by atoms with van der Waals surface area (Å²) >= 11 is 0. The van der Waals surface area contributed by atoms with Crippen LogP contribution in [-0.4, -0.2) is 31.6 Å². The number of pyridine rings is 2. The van der Waals surface area contributed by atoms with Crippen molar-refractivity contribution in [1.82, 2.24) is 24.9 Å². The van der Waals surface area contributed by atoms with E-state index in [1.165, 1.54) is 6.07 Å². The lowest BCUT2D eigenvalue weighted by Gasteiger charge is -2.14. The van der Waals surface area contributed by atoms with Crippen molar-refractivity contribution in [3.63, 3.8) is 0 Å². The van der Waals surface area contributed by atoms with Gasteiger partial charge >= 0.3 is 0 Å². The molecule has 1 saturated carbocycles. The van der Waals surface area contributed by atoms with Gasteiger partial charge in [0.25, 0.3) is 5.91 Å². The Morgan fingerprint density at radius 3 is 2.85 bits per heavy atom. The number of rotatable bonds is 6. The Bertz CT molecular complexity index is 1380. The normalized spacial score (nSPS) is 13.3. The van der Waals surface area contributed by atoms with Gasteiger partial charge in [-0.25, -0.2) is 13.3 Å². The summed E-state index contributed by atoms with van der Waals surface area (Å²) < 4.78 is 35.2. The van der Waals surface area contributed by atoms with Crippen molar-refractivity contribution in [1.29, 1.82) is 0 Å². The van der Waals surface area contributed by atoms with Crippen molar-refractivity contribution < 1.29 is 18.3 Å². The van der Waals surface area contributed by atoms with E-state index >= 15 is 0 Å². The third-order valence-electron chi connectivity index (χ3n) is 5.35. The molecule has 1 amide bonds. The van der Waals surface area contributed by atoms with Crippen LogP contribution in [0.2, 0.25) is 0 Å². The van der Waals surface area contributed by atoms with Crippen LogP contribution in [0.5, 0.6) is 5.75 Å². The van der Waals surface area contributed by atoms with Crippen LogP contribution in [0.1, 0.15) is 34.5 Å². The molecule has 33 heavy (non-hydrogen) atoms. The van der Waals surface area contributed by atoms with Crippen LogP contribution in [0.3, 0.4) is 0 Å². The van der Waals surface area contributed by atoms with E-state index in [9.17, 15) is 13.6 Å². The molecule has 10 heteroatoms. The number of nitrogens with one attached hydrogen (secondary N) is 1. The van der Waals surface area contributed by atoms with E-state index in [2.05, 4.69) is 20.4 Å². The number of carbonyl (C=O) groups is 1. The van der Waals surface area contributed by atoms with Crippen LogP contribution in [0, 0.1) is 18.6 Å². The first-order chi connectivity index (χ1) is 15.9. The summed E-state index contributed by atoms with van der Waals surface area (Å²) in [5.74, 6) is -1.80.